The topological polar surface area (TPSA) is 29.3 Å². The van der Waals surface area contributed by atoms with Crippen LogP contribution in [0.1, 0.15) is 25.3 Å². The molecule has 0 aliphatic carbocycles. The molecule has 1 aromatic rings. The molecular weight excluding hydrogens is 216 g/mol. The molecule has 0 aromatic heterocycles. The van der Waals surface area contributed by atoms with Crippen molar-refractivity contribution in [2.24, 2.45) is 5.73 Å². The van der Waals surface area contributed by atoms with E-state index in [-0.39, 0.29) is 0 Å². The van der Waals surface area contributed by atoms with Gasteiger partial charge in [-0.2, -0.15) is 0 Å². The lowest BCUT2D eigenvalue weighted by Gasteiger charge is -2.31. The van der Waals surface area contributed by atoms with Gasteiger partial charge in [0.15, 0.2) is 0 Å². The Morgan fingerprint density at radius 3 is 2.94 bits per heavy atom. The van der Waals surface area contributed by atoms with Gasteiger partial charge >= 0.3 is 0 Å². The van der Waals surface area contributed by atoms with E-state index in [2.05, 4.69) is 36.9 Å². The van der Waals surface area contributed by atoms with Gasteiger partial charge in [0.05, 0.1) is 5.69 Å². The third-order valence-electron chi connectivity index (χ3n) is 3.01. The second kappa shape index (κ2) is 5.11. The average molecular weight is 236 g/mol. The van der Waals surface area contributed by atoms with E-state index in [4.69, 9.17) is 5.73 Å². The van der Waals surface area contributed by atoms with Crippen LogP contribution in [0.15, 0.2) is 23.1 Å². The molecule has 2 rings (SSSR count). The Bertz CT molecular complexity index is 363. The quantitative estimate of drug-likeness (QED) is 0.875. The third-order valence-corrected chi connectivity index (χ3v) is 4.03. The summed E-state index contributed by atoms with van der Waals surface area (Å²) in [5.41, 5.74) is 8.44. The van der Waals surface area contributed by atoms with Crippen molar-refractivity contribution in [2.45, 2.75) is 24.7 Å². The minimum atomic E-state index is 0.607. The van der Waals surface area contributed by atoms with E-state index in [0.717, 1.165) is 19.6 Å². The Morgan fingerprint density at radius 2 is 2.25 bits per heavy atom. The van der Waals surface area contributed by atoms with Gasteiger partial charge in [-0.1, -0.05) is 19.9 Å². The Morgan fingerprint density at radius 1 is 1.44 bits per heavy atom. The van der Waals surface area contributed by atoms with Crippen LogP contribution in [-0.2, 0) is 0 Å². The van der Waals surface area contributed by atoms with E-state index in [9.17, 15) is 0 Å². The van der Waals surface area contributed by atoms with Gasteiger partial charge in [-0.25, -0.2) is 0 Å². The number of nitrogens with two attached hydrogens (primary N) is 1. The molecule has 1 aromatic carbocycles. The standard InChI is InChI=1S/C13H20N2S/c1-10(2)11-3-4-12-13(9-11)16-8-7-15(12)6-5-14/h3-4,9-10H,5-8,14H2,1-2H3. The number of fused-ring (bicyclic) bond motifs is 1. The van der Waals surface area contributed by atoms with Gasteiger partial charge in [-0.15, -0.1) is 11.8 Å². The van der Waals surface area contributed by atoms with Crippen LogP contribution in [0.2, 0.25) is 0 Å². The molecule has 0 saturated heterocycles. The molecule has 0 atom stereocenters. The molecule has 2 nitrogen and oxygen atoms in total. The molecular formula is C13H20N2S. The molecule has 16 heavy (non-hydrogen) atoms. The van der Waals surface area contributed by atoms with Crippen LogP contribution < -0.4 is 10.6 Å². The average Bonchev–Trinajstić information content (AvgIpc) is 2.29. The molecule has 0 fully saturated rings. The first-order valence-corrected chi connectivity index (χ1v) is 6.92. The Kier molecular flexibility index (Phi) is 3.77. The predicted molar refractivity (Wildman–Crippen MR) is 72.5 cm³/mol. The van der Waals surface area contributed by atoms with E-state index in [1.807, 2.05) is 11.8 Å². The molecule has 1 aliphatic heterocycles. The van der Waals surface area contributed by atoms with E-state index < -0.39 is 0 Å². The number of rotatable bonds is 3. The summed E-state index contributed by atoms with van der Waals surface area (Å²) in [5.74, 6) is 1.78. The smallest absolute Gasteiger partial charge is 0.0505 e. The van der Waals surface area contributed by atoms with Crippen LogP contribution in [0.3, 0.4) is 0 Å². The number of hydrogen-bond donors (Lipinski definition) is 1. The number of nitrogens with zero attached hydrogens (tertiary/aromatic N) is 1. The van der Waals surface area contributed by atoms with Gasteiger partial charge in [0.2, 0.25) is 0 Å². The molecule has 0 spiro atoms. The van der Waals surface area contributed by atoms with Crippen molar-refractivity contribution in [2.75, 3.05) is 30.3 Å². The fraction of sp³-hybridized carbons (Fsp3) is 0.538. The van der Waals surface area contributed by atoms with Crippen LogP contribution in [0, 0.1) is 0 Å². The minimum Gasteiger partial charge on any atom is -0.369 e. The summed E-state index contributed by atoms with van der Waals surface area (Å²) in [6.07, 6.45) is 0. The Hall–Kier alpha value is -0.670. The molecule has 0 amide bonds. The maximum atomic E-state index is 5.65. The summed E-state index contributed by atoms with van der Waals surface area (Å²) in [6, 6.07) is 6.85. The van der Waals surface area contributed by atoms with Crippen molar-refractivity contribution in [3.8, 4) is 0 Å². The number of benzene rings is 1. The molecule has 3 heteroatoms. The third kappa shape index (κ3) is 2.36. The minimum absolute atomic E-state index is 0.607. The first-order valence-electron chi connectivity index (χ1n) is 5.94. The fourth-order valence-corrected chi connectivity index (χ4v) is 3.14. The van der Waals surface area contributed by atoms with Crippen molar-refractivity contribution in [3.05, 3.63) is 23.8 Å². The van der Waals surface area contributed by atoms with Crippen LogP contribution in [0.25, 0.3) is 0 Å². The van der Waals surface area contributed by atoms with E-state index in [1.165, 1.54) is 21.9 Å². The number of thioether (sulfide) groups is 1. The number of hydrogen-bond acceptors (Lipinski definition) is 3. The van der Waals surface area contributed by atoms with Gasteiger partial charge in [0, 0.05) is 30.3 Å². The lowest BCUT2D eigenvalue weighted by atomic mass is 10.0. The highest BCUT2D eigenvalue weighted by Crippen LogP contribution is 2.36. The van der Waals surface area contributed by atoms with Crippen LogP contribution in [0.4, 0.5) is 5.69 Å². The highest BCUT2D eigenvalue weighted by Gasteiger charge is 2.17. The van der Waals surface area contributed by atoms with E-state index >= 15 is 0 Å². The Balaban J connectivity index is 2.29. The molecule has 1 heterocycles. The van der Waals surface area contributed by atoms with Gasteiger partial charge in [-0.05, 0) is 23.6 Å². The van der Waals surface area contributed by atoms with Crippen LogP contribution in [-0.4, -0.2) is 25.4 Å². The molecule has 1 aliphatic rings. The van der Waals surface area contributed by atoms with Crippen LogP contribution in [0.5, 0.6) is 0 Å². The van der Waals surface area contributed by atoms with Crippen molar-refractivity contribution >= 4 is 17.4 Å². The summed E-state index contributed by atoms with van der Waals surface area (Å²) in [6.45, 7) is 7.31. The first-order chi connectivity index (χ1) is 7.72. The lowest BCUT2D eigenvalue weighted by molar-refractivity contribution is 0.799. The monoisotopic (exact) mass is 236 g/mol. The van der Waals surface area contributed by atoms with Gasteiger partial charge in [0.25, 0.3) is 0 Å². The van der Waals surface area contributed by atoms with Gasteiger partial charge in [-0.3, -0.25) is 0 Å². The highest BCUT2D eigenvalue weighted by molar-refractivity contribution is 7.99. The van der Waals surface area contributed by atoms with Crippen molar-refractivity contribution in [1.82, 2.24) is 0 Å². The van der Waals surface area contributed by atoms with E-state index in [1.54, 1.807) is 0 Å². The molecule has 0 bridgehead atoms. The number of anilines is 1. The second-order valence-corrected chi connectivity index (χ2v) is 5.64. The SMILES string of the molecule is CC(C)c1ccc2c(c1)SCCN2CCN. The summed E-state index contributed by atoms with van der Waals surface area (Å²) in [4.78, 5) is 3.82. The lowest BCUT2D eigenvalue weighted by Crippen LogP contribution is -2.33. The van der Waals surface area contributed by atoms with Gasteiger partial charge < -0.3 is 10.6 Å². The summed E-state index contributed by atoms with van der Waals surface area (Å²) in [7, 11) is 0. The molecule has 0 radical (unpaired) electrons. The zero-order chi connectivity index (χ0) is 11.5. The summed E-state index contributed by atoms with van der Waals surface area (Å²) >= 11 is 1.97. The second-order valence-electron chi connectivity index (χ2n) is 4.51. The first kappa shape index (κ1) is 11.8. The Labute approximate surface area is 102 Å². The van der Waals surface area contributed by atoms with Crippen molar-refractivity contribution in [1.29, 1.82) is 0 Å². The van der Waals surface area contributed by atoms with Gasteiger partial charge in [0.1, 0.15) is 0 Å². The largest absolute Gasteiger partial charge is 0.369 e. The molecule has 0 saturated carbocycles. The maximum Gasteiger partial charge on any atom is 0.0505 e. The van der Waals surface area contributed by atoms with E-state index in [0.29, 0.717) is 5.92 Å². The van der Waals surface area contributed by atoms with Crippen molar-refractivity contribution in [3.63, 3.8) is 0 Å². The predicted octanol–water partition coefficient (Wildman–Crippen LogP) is 2.68. The fourth-order valence-electron chi connectivity index (χ4n) is 2.04. The maximum absolute atomic E-state index is 5.65. The van der Waals surface area contributed by atoms with Crippen LogP contribution >= 0.6 is 11.8 Å². The normalized spacial score (nSPS) is 15.4. The molecule has 0 unspecified atom stereocenters. The highest BCUT2D eigenvalue weighted by atomic mass is 32.2. The molecule has 88 valence electrons. The summed E-state index contributed by atoms with van der Waals surface area (Å²) < 4.78 is 0. The zero-order valence-electron chi connectivity index (χ0n) is 10.1. The zero-order valence-corrected chi connectivity index (χ0v) is 10.9. The summed E-state index contributed by atoms with van der Waals surface area (Å²) in [5, 5.41) is 0. The molecule has 2 N–H and O–H groups in total. The van der Waals surface area contributed by atoms with Crippen molar-refractivity contribution < 1.29 is 0 Å².